The van der Waals surface area contributed by atoms with Gasteiger partial charge in [-0.2, -0.15) is 0 Å². The van der Waals surface area contributed by atoms with Crippen molar-refractivity contribution in [1.82, 2.24) is 14.5 Å². The van der Waals surface area contributed by atoms with Crippen molar-refractivity contribution < 1.29 is 9.13 Å². The van der Waals surface area contributed by atoms with E-state index in [4.69, 9.17) is 10.5 Å². The number of rotatable bonds is 6. The van der Waals surface area contributed by atoms with E-state index in [9.17, 15) is 4.39 Å². The molecule has 160 valence electrons. The van der Waals surface area contributed by atoms with E-state index in [0.29, 0.717) is 18.9 Å². The molecule has 1 aliphatic heterocycles. The number of hydrogen-bond donors (Lipinski definition) is 2. The van der Waals surface area contributed by atoms with Gasteiger partial charge < -0.3 is 19.9 Å². The predicted molar refractivity (Wildman–Crippen MR) is 121 cm³/mol. The summed E-state index contributed by atoms with van der Waals surface area (Å²) in [7, 11) is 4.02. The number of nitrogens with zero attached hydrogens (tertiary/aromatic N) is 3. The number of likely N-dealkylation sites (N-methyl/N-ethyl adjacent to an activating group) is 1. The highest BCUT2D eigenvalue weighted by Gasteiger charge is 2.42. The van der Waals surface area contributed by atoms with Gasteiger partial charge in [0, 0.05) is 38.3 Å². The van der Waals surface area contributed by atoms with Crippen LogP contribution in [0.25, 0.3) is 0 Å². The van der Waals surface area contributed by atoms with Crippen LogP contribution in [0.5, 0.6) is 5.75 Å². The fourth-order valence-corrected chi connectivity index (χ4v) is 4.12. The largest absolute Gasteiger partial charge is 0.489 e. The number of nitrogens with two attached hydrogens (primary N) is 1. The Bertz CT molecular complexity index is 925. The van der Waals surface area contributed by atoms with E-state index in [1.807, 2.05) is 36.0 Å². The van der Waals surface area contributed by atoms with E-state index in [1.165, 1.54) is 11.6 Å². The number of benzene rings is 2. The molecule has 30 heavy (non-hydrogen) atoms. The summed E-state index contributed by atoms with van der Waals surface area (Å²) >= 11 is 3.97. The van der Waals surface area contributed by atoms with Crippen molar-refractivity contribution in [3.63, 3.8) is 0 Å². The Balaban J connectivity index is 0.000000310. The molecule has 0 radical (unpaired) electrons. The van der Waals surface area contributed by atoms with Crippen LogP contribution in [-0.4, -0.2) is 47.7 Å². The second kappa shape index (κ2) is 10.1. The molecule has 2 N–H and O–H groups in total. The van der Waals surface area contributed by atoms with E-state index in [1.54, 1.807) is 6.33 Å². The number of halogens is 1. The quantitative estimate of drug-likeness (QED) is 0.592. The summed E-state index contributed by atoms with van der Waals surface area (Å²) in [4.78, 5) is 6.13. The number of thiol groups is 1. The van der Waals surface area contributed by atoms with Crippen LogP contribution in [0.4, 0.5) is 4.39 Å². The minimum Gasteiger partial charge on any atom is -0.489 e. The van der Waals surface area contributed by atoms with Gasteiger partial charge in [0.1, 0.15) is 11.6 Å². The highest BCUT2D eigenvalue weighted by Crippen LogP contribution is 2.38. The molecule has 2 heterocycles. The van der Waals surface area contributed by atoms with E-state index >= 15 is 0 Å². The lowest BCUT2D eigenvalue weighted by molar-refractivity contribution is 0.0928. The number of imidazole rings is 1. The molecule has 1 aromatic heterocycles. The summed E-state index contributed by atoms with van der Waals surface area (Å²) < 4.78 is 21.2. The molecule has 5 nitrogen and oxygen atoms in total. The number of likely N-dealkylation sites (tertiary alicyclic amines) is 1. The van der Waals surface area contributed by atoms with E-state index in [0.717, 1.165) is 30.1 Å². The fraction of sp³-hybridized carbons (Fsp3) is 0.348. The van der Waals surface area contributed by atoms with Crippen LogP contribution in [-0.2, 0) is 18.9 Å². The summed E-state index contributed by atoms with van der Waals surface area (Å²) in [5.74, 6) is -0.0281. The minimum atomic E-state index is -0.329. The van der Waals surface area contributed by atoms with Gasteiger partial charge in [-0.15, -0.1) is 12.6 Å². The van der Waals surface area contributed by atoms with E-state index in [2.05, 4.69) is 53.8 Å². The van der Waals surface area contributed by atoms with Crippen LogP contribution in [0.3, 0.4) is 0 Å². The van der Waals surface area contributed by atoms with Crippen molar-refractivity contribution in [2.45, 2.75) is 16.9 Å². The topological polar surface area (TPSA) is 56.3 Å². The molecule has 1 aliphatic rings. The normalized spacial score (nSPS) is 15.1. The van der Waals surface area contributed by atoms with Crippen molar-refractivity contribution in [3.8, 4) is 5.75 Å². The number of hydrogen-bond acceptors (Lipinski definition) is 5. The van der Waals surface area contributed by atoms with E-state index in [-0.39, 0.29) is 11.2 Å². The van der Waals surface area contributed by atoms with Crippen molar-refractivity contribution in [1.29, 1.82) is 0 Å². The van der Waals surface area contributed by atoms with Gasteiger partial charge in [0.15, 0.2) is 11.6 Å². The Morgan fingerprint density at radius 3 is 2.43 bits per heavy atom. The first kappa shape index (κ1) is 22.3. The Morgan fingerprint density at radius 1 is 1.17 bits per heavy atom. The highest BCUT2D eigenvalue weighted by molar-refractivity contribution is 7.80. The minimum absolute atomic E-state index is 0.0185. The molecule has 2 aromatic carbocycles. The maximum atomic E-state index is 13.9. The smallest absolute Gasteiger partial charge is 0.165 e. The summed E-state index contributed by atoms with van der Waals surface area (Å²) in [6, 6.07) is 15.7. The average molecular weight is 429 g/mol. The summed E-state index contributed by atoms with van der Waals surface area (Å²) in [6.07, 6.45) is 4.49. The summed E-state index contributed by atoms with van der Waals surface area (Å²) in [5, 5.41) is 0.766. The SMILES string of the molecule is CN1CC(Cc2ccccc2)(c2ccc(F)c(OCCN)c2)C1.Cn1cnc(S)c1. The van der Waals surface area contributed by atoms with E-state index < -0.39 is 0 Å². The molecule has 1 fully saturated rings. The van der Waals surface area contributed by atoms with Crippen molar-refractivity contribution >= 4 is 12.6 Å². The second-order valence-electron chi connectivity index (χ2n) is 7.79. The molecule has 0 aliphatic carbocycles. The van der Waals surface area contributed by atoms with Gasteiger partial charge in [0.2, 0.25) is 0 Å². The molecule has 0 saturated carbocycles. The monoisotopic (exact) mass is 428 g/mol. The molecule has 4 rings (SSSR count). The molecule has 0 amide bonds. The third-order valence-electron chi connectivity index (χ3n) is 5.14. The Labute approximate surface area is 183 Å². The lowest BCUT2D eigenvalue weighted by Crippen LogP contribution is -2.58. The van der Waals surface area contributed by atoms with Gasteiger partial charge in [-0.1, -0.05) is 36.4 Å². The second-order valence-corrected chi connectivity index (χ2v) is 8.25. The standard InChI is InChI=1S/C19H23FN2O.C4H6N2S/c1-22-13-19(14-22,12-15-5-3-2-4-6-15)16-7-8-17(20)18(11-16)23-10-9-21;1-6-2-4(7)5-3-6/h2-8,11H,9-10,12-14,21H2,1H3;2-3,7H,1H3. The Kier molecular flexibility index (Phi) is 7.53. The molecule has 1 saturated heterocycles. The van der Waals surface area contributed by atoms with Crippen molar-refractivity contribution in [2.75, 3.05) is 33.3 Å². The van der Waals surface area contributed by atoms with Crippen molar-refractivity contribution in [2.24, 2.45) is 12.8 Å². The van der Waals surface area contributed by atoms with Crippen LogP contribution >= 0.6 is 12.6 Å². The van der Waals surface area contributed by atoms with Crippen molar-refractivity contribution in [3.05, 3.63) is 78.0 Å². The zero-order valence-corrected chi connectivity index (χ0v) is 18.4. The Hall–Kier alpha value is -2.35. The molecule has 7 heteroatoms. The van der Waals surface area contributed by atoms with Gasteiger partial charge in [-0.3, -0.25) is 0 Å². The van der Waals surface area contributed by atoms with Gasteiger partial charge in [0.05, 0.1) is 6.33 Å². The molecular weight excluding hydrogens is 399 g/mol. The molecule has 3 aromatic rings. The summed E-state index contributed by atoms with van der Waals surface area (Å²) in [5.41, 5.74) is 7.90. The maximum Gasteiger partial charge on any atom is 0.165 e. The van der Waals surface area contributed by atoms with Gasteiger partial charge >= 0.3 is 0 Å². The third kappa shape index (κ3) is 5.62. The molecule has 0 spiro atoms. The average Bonchev–Trinajstić information content (AvgIpc) is 3.10. The lowest BCUT2D eigenvalue weighted by atomic mass is 9.70. The molecule has 0 unspecified atom stereocenters. The highest BCUT2D eigenvalue weighted by atomic mass is 32.1. The van der Waals surface area contributed by atoms with Gasteiger partial charge in [0.25, 0.3) is 0 Å². The van der Waals surface area contributed by atoms with Crippen LogP contribution < -0.4 is 10.5 Å². The lowest BCUT2D eigenvalue weighted by Gasteiger charge is -2.49. The number of aryl methyl sites for hydroxylation is 1. The first-order valence-electron chi connectivity index (χ1n) is 9.94. The van der Waals surface area contributed by atoms with Crippen LogP contribution in [0, 0.1) is 5.82 Å². The first-order chi connectivity index (χ1) is 14.4. The predicted octanol–water partition coefficient (Wildman–Crippen LogP) is 3.30. The van der Waals surface area contributed by atoms with Crippen LogP contribution in [0.2, 0.25) is 0 Å². The van der Waals surface area contributed by atoms with Gasteiger partial charge in [-0.05, 0) is 36.7 Å². The fourth-order valence-electron chi connectivity index (χ4n) is 3.88. The molecule has 0 bridgehead atoms. The maximum absolute atomic E-state index is 13.9. The first-order valence-corrected chi connectivity index (χ1v) is 10.4. The third-order valence-corrected chi connectivity index (χ3v) is 5.37. The number of aromatic nitrogens is 2. The molecular formula is C23H29FN4OS. The molecule has 0 atom stereocenters. The van der Waals surface area contributed by atoms with Crippen LogP contribution in [0.1, 0.15) is 11.1 Å². The van der Waals surface area contributed by atoms with Gasteiger partial charge in [-0.25, -0.2) is 9.37 Å². The summed E-state index contributed by atoms with van der Waals surface area (Å²) in [6.45, 7) is 2.63. The zero-order chi connectivity index (χ0) is 21.6. The zero-order valence-electron chi connectivity index (χ0n) is 17.5. The Morgan fingerprint density at radius 2 is 1.90 bits per heavy atom. The number of ether oxygens (including phenoxy) is 1. The van der Waals surface area contributed by atoms with Crippen LogP contribution in [0.15, 0.2) is 66.1 Å².